The highest BCUT2D eigenvalue weighted by molar-refractivity contribution is 6.10. The van der Waals surface area contributed by atoms with E-state index < -0.39 is 0 Å². The van der Waals surface area contributed by atoms with Crippen molar-refractivity contribution in [3.8, 4) is 67.4 Å². The van der Waals surface area contributed by atoms with Gasteiger partial charge in [0.15, 0.2) is 5.82 Å². The van der Waals surface area contributed by atoms with E-state index in [1.807, 2.05) is 12.1 Å². The van der Waals surface area contributed by atoms with Crippen LogP contribution >= 0.6 is 0 Å². The summed E-state index contributed by atoms with van der Waals surface area (Å²) in [6, 6.07) is 70.7. The van der Waals surface area contributed by atoms with Crippen molar-refractivity contribution in [2.45, 2.75) is 0 Å². The molecule has 0 fully saturated rings. The summed E-state index contributed by atoms with van der Waals surface area (Å²) in [5, 5.41) is 5.69. The third kappa shape index (κ3) is 5.74. The lowest BCUT2D eigenvalue weighted by atomic mass is 9.92. The van der Waals surface area contributed by atoms with Gasteiger partial charge in [-0.3, -0.25) is 4.40 Å². The molecule has 0 bridgehead atoms. The van der Waals surface area contributed by atoms with Gasteiger partial charge in [-0.05, 0) is 80.9 Å². The van der Waals surface area contributed by atoms with Crippen LogP contribution in [0.25, 0.3) is 106 Å². The Labute approximate surface area is 330 Å². The lowest BCUT2D eigenvalue weighted by Crippen LogP contribution is -1.97. The van der Waals surface area contributed by atoms with Gasteiger partial charge in [0.05, 0.1) is 22.6 Å². The van der Waals surface area contributed by atoms with E-state index in [1.165, 1.54) is 10.8 Å². The number of aromatic nitrogens is 4. The highest BCUT2D eigenvalue weighted by atomic mass is 15.0. The Kier molecular flexibility index (Phi) is 7.78. The van der Waals surface area contributed by atoms with Gasteiger partial charge in [0.2, 0.25) is 0 Å². The molecule has 11 rings (SSSR count). The van der Waals surface area contributed by atoms with Crippen molar-refractivity contribution in [3.63, 3.8) is 0 Å². The fourth-order valence-electron chi connectivity index (χ4n) is 8.28. The van der Waals surface area contributed by atoms with Gasteiger partial charge in [-0.1, -0.05) is 158 Å². The van der Waals surface area contributed by atoms with Crippen LogP contribution < -0.4 is 0 Å². The summed E-state index contributed by atoms with van der Waals surface area (Å²) >= 11 is 0. The van der Waals surface area contributed by atoms with Gasteiger partial charge < -0.3 is 0 Å². The molecule has 3 aromatic heterocycles. The van der Waals surface area contributed by atoms with Crippen LogP contribution in [0.15, 0.2) is 206 Å². The molecule has 4 nitrogen and oxygen atoms in total. The summed E-state index contributed by atoms with van der Waals surface area (Å²) in [4.78, 5) is 16.0. The van der Waals surface area contributed by atoms with E-state index in [9.17, 15) is 0 Å². The minimum atomic E-state index is 0.684. The van der Waals surface area contributed by atoms with Gasteiger partial charge >= 0.3 is 0 Å². The van der Waals surface area contributed by atoms with Crippen LogP contribution in [0.5, 0.6) is 0 Å². The van der Waals surface area contributed by atoms with E-state index in [4.69, 9.17) is 15.0 Å². The number of imidazole rings is 1. The van der Waals surface area contributed by atoms with E-state index in [2.05, 4.69) is 199 Å². The maximum Gasteiger partial charge on any atom is 0.160 e. The van der Waals surface area contributed by atoms with Crippen molar-refractivity contribution < 1.29 is 0 Å². The van der Waals surface area contributed by atoms with Gasteiger partial charge in [-0.15, -0.1) is 0 Å². The largest absolute Gasteiger partial charge is 0.299 e. The number of nitrogens with zero attached hydrogens (tertiary/aromatic N) is 4. The molecule has 0 spiro atoms. The van der Waals surface area contributed by atoms with Crippen molar-refractivity contribution in [3.05, 3.63) is 206 Å². The molecule has 0 atom stereocenters. The Morgan fingerprint density at radius 3 is 1.79 bits per heavy atom. The summed E-state index contributed by atoms with van der Waals surface area (Å²) in [5.41, 5.74) is 13.4. The Hall–Kier alpha value is -7.69. The second kappa shape index (κ2) is 13.6. The van der Waals surface area contributed by atoms with E-state index in [-0.39, 0.29) is 0 Å². The number of rotatable bonds is 6. The average Bonchev–Trinajstić information content (AvgIpc) is 3.69. The molecule has 0 aliphatic rings. The minimum absolute atomic E-state index is 0.684. The smallest absolute Gasteiger partial charge is 0.160 e. The van der Waals surface area contributed by atoms with Crippen LogP contribution in [0.4, 0.5) is 0 Å². The standard InChI is InChI=1S/C53H34N4/c1-3-17-37(18-4-1)49-47-29-28-36-16-8-10-25-46(36)51(47)56-53(55-49)43-33-41(32-42(34-43)45-26-14-21-35-15-7-9-24-44(35)45)39-22-13-23-40(31-39)50-52(38-19-5-2-6-20-38)57-30-12-11-27-48(57)54-50/h1-34H. The average molecular weight is 727 g/mol. The van der Waals surface area contributed by atoms with Gasteiger partial charge in [-0.25, -0.2) is 15.0 Å². The third-order valence-electron chi connectivity index (χ3n) is 11.0. The predicted octanol–water partition coefficient (Wildman–Crippen LogP) is 13.6. The van der Waals surface area contributed by atoms with E-state index in [0.29, 0.717) is 5.82 Å². The molecule has 8 aromatic carbocycles. The van der Waals surface area contributed by atoms with E-state index >= 15 is 0 Å². The quantitative estimate of drug-likeness (QED) is 0.160. The van der Waals surface area contributed by atoms with Crippen molar-refractivity contribution in [1.82, 2.24) is 19.4 Å². The lowest BCUT2D eigenvalue weighted by Gasteiger charge is -2.15. The van der Waals surface area contributed by atoms with Crippen LogP contribution in [0.1, 0.15) is 0 Å². The van der Waals surface area contributed by atoms with Gasteiger partial charge in [-0.2, -0.15) is 0 Å². The summed E-state index contributed by atoms with van der Waals surface area (Å²) in [5.74, 6) is 0.684. The fourth-order valence-corrected chi connectivity index (χ4v) is 8.28. The van der Waals surface area contributed by atoms with Crippen LogP contribution in [0.2, 0.25) is 0 Å². The monoisotopic (exact) mass is 726 g/mol. The molecule has 0 N–H and O–H groups in total. The predicted molar refractivity (Wildman–Crippen MR) is 236 cm³/mol. The second-order valence-electron chi connectivity index (χ2n) is 14.5. The number of hydrogen-bond donors (Lipinski definition) is 0. The van der Waals surface area contributed by atoms with Crippen molar-refractivity contribution >= 4 is 38.1 Å². The summed E-state index contributed by atoms with van der Waals surface area (Å²) in [7, 11) is 0. The Morgan fingerprint density at radius 2 is 0.947 bits per heavy atom. The van der Waals surface area contributed by atoms with Gasteiger partial charge in [0, 0.05) is 39.2 Å². The Bertz CT molecular complexity index is 3290. The highest BCUT2D eigenvalue weighted by Gasteiger charge is 2.19. The zero-order chi connectivity index (χ0) is 37.7. The number of pyridine rings is 1. The first-order valence-electron chi connectivity index (χ1n) is 19.3. The van der Waals surface area contributed by atoms with Crippen molar-refractivity contribution in [2.75, 3.05) is 0 Å². The molecular weight excluding hydrogens is 693 g/mol. The van der Waals surface area contributed by atoms with Crippen LogP contribution in [0.3, 0.4) is 0 Å². The van der Waals surface area contributed by atoms with E-state index in [0.717, 1.165) is 88.9 Å². The highest BCUT2D eigenvalue weighted by Crippen LogP contribution is 2.40. The third-order valence-corrected chi connectivity index (χ3v) is 11.0. The summed E-state index contributed by atoms with van der Waals surface area (Å²) < 4.78 is 2.18. The number of benzene rings is 8. The number of fused-ring (bicyclic) bond motifs is 5. The first-order valence-corrected chi connectivity index (χ1v) is 19.3. The molecule has 3 heterocycles. The maximum atomic E-state index is 5.40. The second-order valence-corrected chi connectivity index (χ2v) is 14.5. The lowest BCUT2D eigenvalue weighted by molar-refractivity contribution is 1.19. The molecule has 0 aliphatic heterocycles. The molecule has 57 heavy (non-hydrogen) atoms. The van der Waals surface area contributed by atoms with Crippen molar-refractivity contribution in [1.29, 1.82) is 0 Å². The molecule has 0 unspecified atom stereocenters. The SMILES string of the molecule is c1ccc(-c2nc(-c3cc(-c4cccc(-c5nc6ccccn6c5-c5ccccc5)c4)cc(-c4cccc5ccccc45)c3)nc3c2ccc2ccccc23)cc1. The van der Waals surface area contributed by atoms with Crippen molar-refractivity contribution in [2.24, 2.45) is 0 Å². The maximum absolute atomic E-state index is 5.40. The topological polar surface area (TPSA) is 43.1 Å². The molecule has 0 saturated carbocycles. The van der Waals surface area contributed by atoms with Crippen LogP contribution in [-0.4, -0.2) is 19.4 Å². The summed E-state index contributed by atoms with van der Waals surface area (Å²) in [6.07, 6.45) is 2.09. The van der Waals surface area contributed by atoms with Gasteiger partial charge in [0.1, 0.15) is 5.65 Å². The normalized spacial score (nSPS) is 11.5. The Balaban J connectivity index is 1.16. The van der Waals surface area contributed by atoms with Crippen LogP contribution in [-0.2, 0) is 0 Å². The molecule has 11 aromatic rings. The first-order chi connectivity index (χ1) is 28.2. The summed E-state index contributed by atoms with van der Waals surface area (Å²) in [6.45, 7) is 0. The van der Waals surface area contributed by atoms with Crippen LogP contribution in [0, 0.1) is 0 Å². The molecule has 0 amide bonds. The molecule has 0 saturated heterocycles. The van der Waals surface area contributed by atoms with Gasteiger partial charge in [0.25, 0.3) is 0 Å². The first kappa shape index (κ1) is 32.7. The molecule has 4 heteroatoms. The zero-order valence-electron chi connectivity index (χ0n) is 30.9. The van der Waals surface area contributed by atoms with E-state index in [1.54, 1.807) is 0 Å². The fraction of sp³-hybridized carbons (Fsp3) is 0. The molecule has 0 aliphatic carbocycles. The Morgan fingerprint density at radius 1 is 0.333 bits per heavy atom. The minimum Gasteiger partial charge on any atom is -0.299 e. The molecule has 266 valence electrons. The number of hydrogen-bond acceptors (Lipinski definition) is 3. The zero-order valence-corrected chi connectivity index (χ0v) is 30.9. The molecule has 0 radical (unpaired) electrons. The molecular formula is C53H34N4.